The minimum absolute atomic E-state index is 0.0918. The Hall–Kier alpha value is -0.580. The van der Waals surface area contributed by atoms with Gasteiger partial charge in [0.25, 0.3) is 0 Å². The fraction of sp³-hybridized carbons (Fsp3) is 0.647. The fourth-order valence-corrected chi connectivity index (χ4v) is 4.82. The lowest BCUT2D eigenvalue weighted by Crippen LogP contribution is -2.47. The summed E-state index contributed by atoms with van der Waals surface area (Å²) >= 11 is 2.03. The summed E-state index contributed by atoms with van der Waals surface area (Å²) < 4.78 is 19.1. The molecule has 0 aliphatic carbocycles. The molecule has 0 amide bonds. The Kier molecular flexibility index (Phi) is 4.87. The summed E-state index contributed by atoms with van der Waals surface area (Å²) in [6.07, 6.45) is 5.30. The molecule has 2 nitrogen and oxygen atoms in total. The molecule has 4 heteroatoms. The molecule has 0 radical (unpaired) electrons. The molecule has 21 heavy (non-hydrogen) atoms. The van der Waals surface area contributed by atoms with Gasteiger partial charge in [-0.05, 0) is 67.2 Å². The number of rotatable bonds is 3. The second kappa shape index (κ2) is 6.67. The molecule has 1 aromatic carbocycles. The second-order valence-electron chi connectivity index (χ2n) is 6.39. The summed E-state index contributed by atoms with van der Waals surface area (Å²) in [5.41, 5.74) is 7.67. The van der Waals surface area contributed by atoms with Crippen LogP contribution in [0, 0.1) is 11.7 Å². The van der Waals surface area contributed by atoms with Gasteiger partial charge in [-0.25, -0.2) is 4.39 Å². The van der Waals surface area contributed by atoms with Gasteiger partial charge < -0.3 is 10.5 Å². The molecule has 2 aliphatic heterocycles. The van der Waals surface area contributed by atoms with E-state index >= 15 is 0 Å². The second-order valence-corrected chi connectivity index (χ2v) is 7.62. The predicted molar refractivity (Wildman–Crippen MR) is 86.0 cm³/mol. The van der Waals surface area contributed by atoms with E-state index in [4.69, 9.17) is 10.5 Å². The molecule has 2 fully saturated rings. The van der Waals surface area contributed by atoms with Gasteiger partial charge in [0.15, 0.2) is 0 Å². The van der Waals surface area contributed by atoms with E-state index in [-0.39, 0.29) is 17.5 Å². The summed E-state index contributed by atoms with van der Waals surface area (Å²) in [7, 11) is 0. The molecule has 3 rings (SSSR count). The first kappa shape index (κ1) is 15.3. The SMILES string of the molecule is NC(Cc1ccc(F)cc1)C1CCOC2(CCSCC2)C1. The van der Waals surface area contributed by atoms with E-state index in [1.165, 1.54) is 23.6 Å². The van der Waals surface area contributed by atoms with Crippen LogP contribution in [-0.4, -0.2) is 29.8 Å². The molecule has 2 heterocycles. The maximum absolute atomic E-state index is 13.0. The van der Waals surface area contributed by atoms with Crippen molar-refractivity contribution in [1.29, 1.82) is 0 Å². The summed E-state index contributed by atoms with van der Waals surface area (Å²) in [5, 5.41) is 0. The minimum Gasteiger partial charge on any atom is -0.375 e. The number of ether oxygens (including phenoxy) is 1. The van der Waals surface area contributed by atoms with Gasteiger partial charge in [0.05, 0.1) is 5.60 Å². The van der Waals surface area contributed by atoms with Crippen molar-refractivity contribution in [2.24, 2.45) is 11.7 Å². The van der Waals surface area contributed by atoms with E-state index in [9.17, 15) is 4.39 Å². The molecule has 2 N–H and O–H groups in total. The van der Waals surface area contributed by atoms with Gasteiger partial charge >= 0.3 is 0 Å². The maximum atomic E-state index is 13.0. The molecule has 1 aromatic rings. The molecule has 2 aliphatic rings. The third-order valence-corrected chi connectivity index (χ3v) is 5.91. The lowest BCUT2D eigenvalue weighted by Gasteiger charge is -2.44. The third kappa shape index (κ3) is 3.79. The van der Waals surface area contributed by atoms with E-state index in [2.05, 4.69) is 0 Å². The smallest absolute Gasteiger partial charge is 0.123 e. The molecule has 2 unspecified atom stereocenters. The van der Waals surface area contributed by atoms with Crippen LogP contribution in [0.25, 0.3) is 0 Å². The van der Waals surface area contributed by atoms with Gasteiger partial charge in [0.1, 0.15) is 5.82 Å². The summed E-state index contributed by atoms with van der Waals surface area (Å²) in [6.45, 7) is 0.840. The topological polar surface area (TPSA) is 35.2 Å². The molecule has 116 valence electrons. The number of nitrogens with two attached hydrogens (primary N) is 1. The summed E-state index contributed by atoms with van der Waals surface area (Å²) in [6, 6.07) is 6.88. The van der Waals surface area contributed by atoms with Gasteiger partial charge in [0, 0.05) is 12.6 Å². The van der Waals surface area contributed by atoms with E-state index in [0.29, 0.717) is 5.92 Å². The molecule has 0 saturated carbocycles. The molecular weight excluding hydrogens is 285 g/mol. The highest BCUT2D eigenvalue weighted by molar-refractivity contribution is 7.99. The quantitative estimate of drug-likeness (QED) is 0.929. The van der Waals surface area contributed by atoms with Crippen LogP contribution in [0.3, 0.4) is 0 Å². The standard InChI is InChI=1S/C17H24FNOS/c18-15-3-1-13(2-4-15)11-16(19)14-5-8-20-17(12-14)6-9-21-10-7-17/h1-4,14,16H,5-12,19H2. The Bertz CT molecular complexity index is 453. The Morgan fingerprint density at radius 3 is 2.71 bits per heavy atom. The van der Waals surface area contributed by atoms with Crippen LogP contribution in [0.15, 0.2) is 24.3 Å². The van der Waals surface area contributed by atoms with E-state index in [0.717, 1.165) is 44.3 Å². The third-order valence-electron chi connectivity index (χ3n) is 4.93. The van der Waals surface area contributed by atoms with Crippen molar-refractivity contribution >= 4 is 11.8 Å². The van der Waals surface area contributed by atoms with Crippen molar-refractivity contribution in [2.75, 3.05) is 18.1 Å². The molecule has 2 atom stereocenters. The first-order valence-electron chi connectivity index (χ1n) is 7.89. The highest BCUT2D eigenvalue weighted by Crippen LogP contribution is 2.40. The van der Waals surface area contributed by atoms with Crippen molar-refractivity contribution in [1.82, 2.24) is 0 Å². The van der Waals surface area contributed by atoms with Gasteiger partial charge in [-0.2, -0.15) is 11.8 Å². The maximum Gasteiger partial charge on any atom is 0.123 e. The largest absolute Gasteiger partial charge is 0.375 e. The minimum atomic E-state index is -0.183. The van der Waals surface area contributed by atoms with Crippen LogP contribution in [0.1, 0.15) is 31.2 Å². The zero-order valence-electron chi connectivity index (χ0n) is 12.4. The van der Waals surface area contributed by atoms with Crippen molar-refractivity contribution in [3.63, 3.8) is 0 Å². The molecule has 0 aromatic heterocycles. The number of thioether (sulfide) groups is 1. The van der Waals surface area contributed by atoms with Crippen molar-refractivity contribution < 1.29 is 9.13 Å². The molecule has 0 bridgehead atoms. The normalized spacial score (nSPS) is 26.7. The molecular formula is C17H24FNOS. The van der Waals surface area contributed by atoms with Gasteiger partial charge in [-0.15, -0.1) is 0 Å². The zero-order chi connectivity index (χ0) is 14.7. The Morgan fingerprint density at radius 1 is 1.29 bits per heavy atom. The van der Waals surface area contributed by atoms with Crippen LogP contribution >= 0.6 is 11.8 Å². The summed E-state index contributed by atoms with van der Waals surface area (Å²) in [5.74, 6) is 2.75. The van der Waals surface area contributed by atoms with Crippen LogP contribution < -0.4 is 5.73 Å². The zero-order valence-corrected chi connectivity index (χ0v) is 13.2. The van der Waals surface area contributed by atoms with Crippen LogP contribution in [0.4, 0.5) is 4.39 Å². The summed E-state index contributed by atoms with van der Waals surface area (Å²) in [4.78, 5) is 0. The monoisotopic (exact) mass is 309 g/mol. The number of benzene rings is 1. The number of hydrogen-bond acceptors (Lipinski definition) is 3. The number of halogens is 1. The predicted octanol–water partition coefficient (Wildman–Crippen LogP) is 3.39. The highest BCUT2D eigenvalue weighted by atomic mass is 32.2. The van der Waals surface area contributed by atoms with Crippen LogP contribution in [0.5, 0.6) is 0 Å². The van der Waals surface area contributed by atoms with Crippen molar-refractivity contribution in [3.05, 3.63) is 35.6 Å². The molecule has 1 spiro atoms. The van der Waals surface area contributed by atoms with Crippen molar-refractivity contribution in [3.8, 4) is 0 Å². The lowest BCUT2D eigenvalue weighted by molar-refractivity contribution is -0.105. The first-order valence-corrected chi connectivity index (χ1v) is 9.04. The van der Waals surface area contributed by atoms with Crippen LogP contribution in [0.2, 0.25) is 0 Å². The van der Waals surface area contributed by atoms with Gasteiger partial charge in [-0.3, -0.25) is 0 Å². The average molecular weight is 309 g/mol. The first-order chi connectivity index (χ1) is 10.2. The Labute approximate surface area is 130 Å². The number of hydrogen-bond donors (Lipinski definition) is 1. The Morgan fingerprint density at radius 2 is 2.00 bits per heavy atom. The van der Waals surface area contributed by atoms with E-state index < -0.39 is 0 Å². The Balaban J connectivity index is 1.61. The average Bonchev–Trinajstić information content (AvgIpc) is 2.50. The highest BCUT2D eigenvalue weighted by Gasteiger charge is 2.40. The van der Waals surface area contributed by atoms with Crippen molar-refractivity contribution in [2.45, 2.75) is 43.7 Å². The van der Waals surface area contributed by atoms with Gasteiger partial charge in [-0.1, -0.05) is 12.1 Å². The van der Waals surface area contributed by atoms with Crippen LogP contribution in [-0.2, 0) is 11.2 Å². The van der Waals surface area contributed by atoms with E-state index in [1.807, 2.05) is 23.9 Å². The molecule has 2 saturated heterocycles. The van der Waals surface area contributed by atoms with Gasteiger partial charge in [0.2, 0.25) is 0 Å². The van der Waals surface area contributed by atoms with E-state index in [1.54, 1.807) is 0 Å². The fourth-order valence-electron chi connectivity index (χ4n) is 3.58. The lowest BCUT2D eigenvalue weighted by atomic mass is 9.77.